The molecule has 27 heavy (non-hydrogen) atoms. The van der Waals surface area contributed by atoms with Crippen LogP contribution in [0.4, 0.5) is 11.6 Å². The molecule has 0 fully saturated rings. The Bertz CT molecular complexity index is 1000. The highest BCUT2D eigenvalue weighted by Gasteiger charge is 2.26. The first-order valence-corrected chi connectivity index (χ1v) is 8.70. The lowest BCUT2D eigenvalue weighted by atomic mass is 10.0. The van der Waals surface area contributed by atoms with E-state index in [-0.39, 0.29) is 18.4 Å². The van der Waals surface area contributed by atoms with Crippen molar-refractivity contribution in [2.24, 2.45) is 0 Å². The number of pyridine rings is 1. The van der Waals surface area contributed by atoms with E-state index in [0.717, 1.165) is 5.56 Å². The Morgan fingerprint density at radius 3 is 2.96 bits per heavy atom. The molecule has 0 radical (unpaired) electrons. The summed E-state index contributed by atoms with van der Waals surface area (Å²) in [5.74, 6) is 0.0724. The standard InChI is InChI=1S/C18H15ClN6O2/c19-12-5-6-14-11(9-12)4-7-16(27)25(14)10-15(26)21-18-22-17(23-24-18)13-3-1-2-8-20-13/h1-3,5-6,8-9H,4,7,10H2,(H2,21,22,23,24,26). The van der Waals surface area contributed by atoms with E-state index in [2.05, 4.69) is 25.5 Å². The molecular formula is C18H15ClN6O2. The van der Waals surface area contributed by atoms with Gasteiger partial charge in [0.25, 0.3) is 0 Å². The first-order valence-electron chi connectivity index (χ1n) is 8.32. The third-order valence-electron chi connectivity index (χ3n) is 4.19. The number of benzene rings is 1. The Morgan fingerprint density at radius 1 is 1.26 bits per heavy atom. The van der Waals surface area contributed by atoms with Crippen molar-refractivity contribution in [3.8, 4) is 11.5 Å². The van der Waals surface area contributed by atoms with Gasteiger partial charge in [-0.2, -0.15) is 4.98 Å². The third-order valence-corrected chi connectivity index (χ3v) is 4.42. The summed E-state index contributed by atoms with van der Waals surface area (Å²) in [5.41, 5.74) is 2.27. The molecule has 136 valence electrons. The monoisotopic (exact) mass is 382 g/mol. The number of nitrogens with one attached hydrogen (secondary N) is 2. The summed E-state index contributed by atoms with van der Waals surface area (Å²) in [5, 5.41) is 9.91. The maximum Gasteiger partial charge on any atom is 0.249 e. The second-order valence-corrected chi connectivity index (χ2v) is 6.46. The van der Waals surface area contributed by atoms with Crippen LogP contribution >= 0.6 is 11.6 Å². The highest BCUT2D eigenvalue weighted by molar-refractivity contribution is 6.30. The summed E-state index contributed by atoms with van der Waals surface area (Å²) in [4.78, 5) is 34.5. The Kier molecular flexibility index (Phi) is 4.55. The fourth-order valence-electron chi connectivity index (χ4n) is 2.94. The molecule has 0 saturated carbocycles. The summed E-state index contributed by atoms with van der Waals surface area (Å²) >= 11 is 6.02. The number of hydrogen-bond acceptors (Lipinski definition) is 5. The first-order chi connectivity index (χ1) is 13.1. The molecule has 0 saturated heterocycles. The molecule has 1 aromatic carbocycles. The van der Waals surface area contributed by atoms with Gasteiger partial charge in [-0.05, 0) is 42.3 Å². The van der Waals surface area contributed by atoms with E-state index in [9.17, 15) is 9.59 Å². The zero-order chi connectivity index (χ0) is 18.8. The number of carbonyl (C=O) groups is 2. The number of carbonyl (C=O) groups excluding carboxylic acids is 2. The average Bonchev–Trinajstić information content (AvgIpc) is 3.13. The molecule has 1 aliphatic rings. The van der Waals surface area contributed by atoms with Crippen molar-refractivity contribution < 1.29 is 9.59 Å². The number of nitrogens with zero attached hydrogens (tertiary/aromatic N) is 4. The van der Waals surface area contributed by atoms with Crippen molar-refractivity contribution in [3.05, 3.63) is 53.2 Å². The molecule has 0 aliphatic carbocycles. The number of rotatable bonds is 4. The van der Waals surface area contributed by atoms with Crippen LogP contribution in [0.5, 0.6) is 0 Å². The molecule has 8 nitrogen and oxygen atoms in total. The number of aryl methyl sites for hydroxylation is 1. The second-order valence-electron chi connectivity index (χ2n) is 6.02. The van der Waals surface area contributed by atoms with Crippen LogP contribution in [0.15, 0.2) is 42.6 Å². The minimum Gasteiger partial charge on any atom is -0.303 e. The fourth-order valence-corrected chi connectivity index (χ4v) is 3.14. The molecule has 3 heterocycles. The number of aromatic nitrogens is 4. The Morgan fingerprint density at radius 2 is 2.15 bits per heavy atom. The molecule has 2 N–H and O–H groups in total. The molecule has 0 unspecified atom stereocenters. The molecule has 3 aromatic rings. The fraction of sp³-hybridized carbons (Fsp3) is 0.167. The number of halogens is 1. The van der Waals surface area contributed by atoms with Gasteiger partial charge in [0.2, 0.25) is 17.8 Å². The molecule has 2 aromatic heterocycles. The molecule has 0 spiro atoms. The van der Waals surface area contributed by atoms with Gasteiger partial charge in [-0.15, -0.1) is 5.10 Å². The van der Waals surface area contributed by atoms with Gasteiger partial charge in [0.05, 0.1) is 0 Å². The number of H-pyrrole nitrogens is 1. The van der Waals surface area contributed by atoms with Gasteiger partial charge in [-0.3, -0.25) is 25.0 Å². The van der Waals surface area contributed by atoms with Gasteiger partial charge in [0.1, 0.15) is 12.2 Å². The summed E-state index contributed by atoms with van der Waals surface area (Å²) < 4.78 is 0. The predicted octanol–water partition coefficient (Wildman–Crippen LogP) is 2.44. The first kappa shape index (κ1) is 17.2. The molecule has 4 rings (SSSR count). The summed E-state index contributed by atoms with van der Waals surface area (Å²) in [6, 6.07) is 10.7. The van der Waals surface area contributed by atoms with Crippen LogP contribution in [-0.4, -0.2) is 38.5 Å². The van der Waals surface area contributed by atoms with E-state index in [1.807, 2.05) is 12.1 Å². The topological polar surface area (TPSA) is 104 Å². The van der Waals surface area contributed by atoms with Crippen molar-refractivity contribution >= 4 is 35.1 Å². The van der Waals surface area contributed by atoms with E-state index in [1.54, 1.807) is 30.5 Å². The highest BCUT2D eigenvalue weighted by Crippen LogP contribution is 2.30. The second kappa shape index (κ2) is 7.16. The van der Waals surface area contributed by atoms with Crippen LogP contribution in [0, 0.1) is 0 Å². The summed E-state index contributed by atoms with van der Waals surface area (Å²) in [7, 11) is 0. The smallest absolute Gasteiger partial charge is 0.249 e. The van der Waals surface area contributed by atoms with Crippen molar-refractivity contribution in [1.29, 1.82) is 0 Å². The molecule has 2 amide bonds. The Labute approximate surface area is 159 Å². The van der Waals surface area contributed by atoms with E-state index in [0.29, 0.717) is 35.1 Å². The SMILES string of the molecule is O=C(CN1C(=O)CCc2cc(Cl)ccc21)Nc1n[nH]c(-c2ccccn2)n1. The van der Waals surface area contributed by atoms with Crippen LogP contribution in [0.25, 0.3) is 11.5 Å². The Hall–Kier alpha value is -3.26. The average molecular weight is 383 g/mol. The van der Waals surface area contributed by atoms with Crippen molar-refractivity contribution in [3.63, 3.8) is 0 Å². The number of aromatic amines is 1. The van der Waals surface area contributed by atoms with Crippen molar-refractivity contribution in [2.75, 3.05) is 16.8 Å². The molecule has 0 bridgehead atoms. The van der Waals surface area contributed by atoms with Crippen LogP contribution < -0.4 is 10.2 Å². The molecule has 0 atom stereocenters. The van der Waals surface area contributed by atoms with Crippen LogP contribution in [0.1, 0.15) is 12.0 Å². The van der Waals surface area contributed by atoms with Gasteiger partial charge in [0.15, 0.2) is 5.82 Å². The lowest BCUT2D eigenvalue weighted by molar-refractivity contribution is -0.121. The van der Waals surface area contributed by atoms with E-state index >= 15 is 0 Å². The van der Waals surface area contributed by atoms with Gasteiger partial charge in [-0.25, -0.2) is 0 Å². The lowest BCUT2D eigenvalue weighted by Crippen LogP contribution is -2.41. The normalized spacial score (nSPS) is 13.4. The van der Waals surface area contributed by atoms with Gasteiger partial charge >= 0.3 is 0 Å². The maximum absolute atomic E-state index is 12.4. The predicted molar refractivity (Wildman–Crippen MR) is 100 cm³/mol. The van der Waals surface area contributed by atoms with Crippen molar-refractivity contribution in [1.82, 2.24) is 20.2 Å². The maximum atomic E-state index is 12.4. The quantitative estimate of drug-likeness (QED) is 0.721. The summed E-state index contributed by atoms with van der Waals surface area (Å²) in [6.07, 6.45) is 2.59. The zero-order valence-electron chi connectivity index (χ0n) is 14.1. The molecule has 1 aliphatic heterocycles. The Balaban J connectivity index is 1.47. The minimum atomic E-state index is -0.391. The number of amides is 2. The zero-order valence-corrected chi connectivity index (χ0v) is 14.9. The minimum absolute atomic E-state index is 0.107. The van der Waals surface area contributed by atoms with E-state index in [1.165, 1.54) is 4.90 Å². The molecular weight excluding hydrogens is 368 g/mol. The number of hydrogen-bond donors (Lipinski definition) is 2. The lowest BCUT2D eigenvalue weighted by Gasteiger charge is -2.28. The van der Waals surface area contributed by atoms with Gasteiger partial charge in [-0.1, -0.05) is 17.7 Å². The third kappa shape index (κ3) is 3.65. The number of anilines is 2. The van der Waals surface area contributed by atoms with E-state index < -0.39 is 5.91 Å². The van der Waals surface area contributed by atoms with Crippen LogP contribution in [-0.2, 0) is 16.0 Å². The van der Waals surface area contributed by atoms with Gasteiger partial charge in [0, 0.05) is 23.3 Å². The van der Waals surface area contributed by atoms with Crippen molar-refractivity contribution in [2.45, 2.75) is 12.8 Å². The largest absolute Gasteiger partial charge is 0.303 e. The van der Waals surface area contributed by atoms with E-state index in [4.69, 9.17) is 11.6 Å². The van der Waals surface area contributed by atoms with Gasteiger partial charge < -0.3 is 4.90 Å². The van der Waals surface area contributed by atoms with Crippen LogP contribution in [0.3, 0.4) is 0 Å². The van der Waals surface area contributed by atoms with Crippen LogP contribution in [0.2, 0.25) is 5.02 Å². The summed E-state index contributed by atoms with van der Waals surface area (Å²) in [6.45, 7) is -0.124. The highest BCUT2D eigenvalue weighted by atomic mass is 35.5. The number of fused-ring (bicyclic) bond motifs is 1. The molecule has 9 heteroatoms.